The van der Waals surface area contributed by atoms with E-state index in [0.29, 0.717) is 29.9 Å². The molecule has 0 saturated carbocycles. The van der Waals surface area contributed by atoms with Crippen LogP contribution in [0.3, 0.4) is 0 Å². The van der Waals surface area contributed by atoms with E-state index in [1.165, 1.54) is 6.20 Å². The average Bonchev–Trinajstić information content (AvgIpc) is 2.73. The van der Waals surface area contributed by atoms with E-state index in [2.05, 4.69) is 4.98 Å². The summed E-state index contributed by atoms with van der Waals surface area (Å²) in [6, 6.07) is 1.34. The highest BCUT2D eigenvalue weighted by molar-refractivity contribution is 7.91. The van der Waals surface area contributed by atoms with Crippen molar-refractivity contribution in [3.05, 3.63) is 23.5 Å². The largest absolute Gasteiger partial charge is 0.397 e. The number of carbonyl (C=O) groups excluding carboxylic acids is 1. The van der Waals surface area contributed by atoms with Crippen molar-refractivity contribution in [3.63, 3.8) is 0 Å². The number of hydrogen-bond donors (Lipinski definition) is 1. The molecule has 1 amide bonds. The summed E-state index contributed by atoms with van der Waals surface area (Å²) in [5.74, 6) is -0.0105. The second kappa shape index (κ2) is 5.40. The van der Waals surface area contributed by atoms with Gasteiger partial charge in [0.15, 0.2) is 9.84 Å². The molecule has 20 heavy (non-hydrogen) atoms. The van der Waals surface area contributed by atoms with E-state index >= 15 is 0 Å². The summed E-state index contributed by atoms with van der Waals surface area (Å²) in [5.41, 5.74) is 7.14. The van der Waals surface area contributed by atoms with Gasteiger partial charge in [-0.3, -0.25) is 9.78 Å². The highest BCUT2D eigenvalue weighted by atomic mass is 32.2. The van der Waals surface area contributed by atoms with Crippen LogP contribution in [0.2, 0.25) is 0 Å². The highest BCUT2D eigenvalue weighted by Crippen LogP contribution is 2.21. The topological polar surface area (TPSA) is 93.4 Å². The summed E-state index contributed by atoms with van der Waals surface area (Å²) in [6.45, 7) is 4.05. The predicted octanol–water partition coefficient (Wildman–Crippen LogP) is 0.621. The van der Waals surface area contributed by atoms with Crippen molar-refractivity contribution in [3.8, 4) is 0 Å². The molecule has 2 rings (SSSR count). The Morgan fingerprint density at radius 1 is 1.55 bits per heavy atom. The first kappa shape index (κ1) is 14.8. The lowest BCUT2D eigenvalue weighted by molar-refractivity contribution is 0.0707. The van der Waals surface area contributed by atoms with Crippen LogP contribution in [-0.4, -0.2) is 48.3 Å². The van der Waals surface area contributed by atoms with Crippen LogP contribution in [0.5, 0.6) is 0 Å². The van der Waals surface area contributed by atoms with E-state index in [1.54, 1.807) is 17.9 Å². The Kier molecular flexibility index (Phi) is 3.99. The summed E-state index contributed by atoms with van der Waals surface area (Å²) in [5, 5.41) is 0. The van der Waals surface area contributed by atoms with Crippen LogP contribution in [-0.2, 0) is 9.84 Å². The summed E-state index contributed by atoms with van der Waals surface area (Å²) in [4.78, 5) is 18.3. The van der Waals surface area contributed by atoms with Crippen molar-refractivity contribution in [2.75, 3.05) is 23.8 Å². The molecule has 0 spiro atoms. The van der Waals surface area contributed by atoms with E-state index in [9.17, 15) is 13.2 Å². The molecule has 2 N–H and O–H groups in total. The molecule has 6 nitrogen and oxygen atoms in total. The molecule has 0 bridgehead atoms. The number of aromatic nitrogens is 1. The maximum Gasteiger partial charge on any atom is 0.256 e. The highest BCUT2D eigenvalue weighted by Gasteiger charge is 2.34. The average molecular weight is 297 g/mol. The van der Waals surface area contributed by atoms with Crippen LogP contribution in [0.4, 0.5) is 5.69 Å². The van der Waals surface area contributed by atoms with Crippen LogP contribution in [0.1, 0.15) is 29.4 Å². The molecular weight excluding hydrogens is 278 g/mol. The Labute approximate surface area is 118 Å². The molecule has 2 heterocycles. The van der Waals surface area contributed by atoms with E-state index in [1.807, 2.05) is 6.92 Å². The number of sulfone groups is 1. The number of nitrogen functional groups attached to an aromatic ring is 1. The van der Waals surface area contributed by atoms with Gasteiger partial charge >= 0.3 is 0 Å². The minimum atomic E-state index is -3.02. The van der Waals surface area contributed by atoms with E-state index in [-0.39, 0.29) is 23.5 Å². The monoisotopic (exact) mass is 297 g/mol. The van der Waals surface area contributed by atoms with Crippen molar-refractivity contribution in [1.82, 2.24) is 9.88 Å². The van der Waals surface area contributed by atoms with Crippen LogP contribution in [0.25, 0.3) is 0 Å². The lowest BCUT2D eigenvalue weighted by Gasteiger charge is -2.27. The van der Waals surface area contributed by atoms with Gasteiger partial charge in [-0.1, -0.05) is 0 Å². The first-order valence-electron chi connectivity index (χ1n) is 6.57. The number of aryl methyl sites for hydroxylation is 1. The van der Waals surface area contributed by atoms with Crippen molar-refractivity contribution in [2.45, 2.75) is 26.3 Å². The van der Waals surface area contributed by atoms with Gasteiger partial charge in [-0.05, 0) is 26.3 Å². The zero-order chi connectivity index (χ0) is 14.9. The lowest BCUT2D eigenvalue weighted by atomic mass is 10.1. The Hall–Kier alpha value is -1.63. The number of anilines is 1. The maximum atomic E-state index is 12.6. The Balaban J connectivity index is 2.28. The van der Waals surface area contributed by atoms with Gasteiger partial charge in [-0.15, -0.1) is 0 Å². The van der Waals surface area contributed by atoms with E-state index < -0.39 is 9.84 Å². The number of amides is 1. The number of nitrogens with zero attached hydrogens (tertiary/aromatic N) is 2. The van der Waals surface area contributed by atoms with Gasteiger partial charge in [0.25, 0.3) is 5.91 Å². The molecule has 0 aromatic carbocycles. The number of nitrogens with two attached hydrogens (primary N) is 1. The summed E-state index contributed by atoms with van der Waals surface area (Å²) < 4.78 is 23.1. The Bertz CT molecular complexity index is 628. The molecule has 1 unspecified atom stereocenters. The molecule has 1 aromatic rings. The predicted molar refractivity (Wildman–Crippen MR) is 77.2 cm³/mol. The summed E-state index contributed by atoms with van der Waals surface area (Å²) in [7, 11) is -3.02. The molecule has 0 radical (unpaired) electrons. The molecule has 1 aromatic heterocycles. The number of pyridine rings is 1. The Morgan fingerprint density at radius 2 is 2.25 bits per heavy atom. The van der Waals surface area contributed by atoms with Gasteiger partial charge in [0, 0.05) is 12.6 Å². The second-order valence-electron chi connectivity index (χ2n) is 5.05. The van der Waals surface area contributed by atoms with Gasteiger partial charge in [-0.2, -0.15) is 0 Å². The second-order valence-corrected chi connectivity index (χ2v) is 7.28. The fourth-order valence-electron chi connectivity index (χ4n) is 2.51. The van der Waals surface area contributed by atoms with Gasteiger partial charge in [-0.25, -0.2) is 8.42 Å². The smallest absolute Gasteiger partial charge is 0.256 e. The summed E-state index contributed by atoms with van der Waals surface area (Å²) in [6.07, 6.45) is 2.00. The first-order valence-corrected chi connectivity index (χ1v) is 8.39. The zero-order valence-corrected chi connectivity index (χ0v) is 12.5. The molecule has 1 saturated heterocycles. The molecule has 7 heteroatoms. The van der Waals surface area contributed by atoms with Crippen LogP contribution in [0, 0.1) is 6.92 Å². The van der Waals surface area contributed by atoms with Gasteiger partial charge in [0.05, 0.1) is 34.6 Å². The van der Waals surface area contributed by atoms with Crippen LogP contribution >= 0.6 is 0 Å². The molecule has 1 aliphatic heterocycles. The fraction of sp³-hybridized carbons (Fsp3) is 0.538. The normalized spacial score (nSPS) is 20.8. The quantitative estimate of drug-likeness (QED) is 0.883. The molecule has 0 aliphatic carbocycles. The minimum absolute atomic E-state index is 0.0430. The molecule has 1 atom stereocenters. The molecule has 1 fully saturated rings. The molecule has 1 aliphatic rings. The number of hydrogen-bond acceptors (Lipinski definition) is 5. The first-order chi connectivity index (χ1) is 9.34. The minimum Gasteiger partial charge on any atom is -0.397 e. The van der Waals surface area contributed by atoms with Gasteiger partial charge in [0.1, 0.15) is 0 Å². The van der Waals surface area contributed by atoms with Gasteiger partial charge < -0.3 is 10.6 Å². The lowest BCUT2D eigenvalue weighted by Crippen LogP contribution is -2.41. The number of carbonyl (C=O) groups is 1. The maximum absolute atomic E-state index is 12.6. The third-order valence-corrected chi connectivity index (χ3v) is 5.34. The summed E-state index contributed by atoms with van der Waals surface area (Å²) >= 11 is 0. The number of rotatable bonds is 3. The van der Waals surface area contributed by atoms with Crippen LogP contribution in [0.15, 0.2) is 12.3 Å². The van der Waals surface area contributed by atoms with E-state index in [4.69, 9.17) is 5.73 Å². The van der Waals surface area contributed by atoms with Crippen molar-refractivity contribution < 1.29 is 13.2 Å². The van der Waals surface area contributed by atoms with Crippen molar-refractivity contribution in [2.24, 2.45) is 0 Å². The van der Waals surface area contributed by atoms with Crippen molar-refractivity contribution >= 4 is 21.4 Å². The molecule has 110 valence electrons. The fourth-order valence-corrected chi connectivity index (χ4v) is 4.24. The third-order valence-electron chi connectivity index (χ3n) is 3.59. The standard InChI is InChI=1S/C13H19N3O3S/c1-3-16(11-4-5-20(18,19)8-11)13(17)12-6-10(14)7-15-9(12)2/h6-7,11H,3-5,8,14H2,1-2H3. The Morgan fingerprint density at radius 3 is 2.80 bits per heavy atom. The van der Waals surface area contributed by atoms with Crippen LogP contribution < -0.4 is 5.73 Å². The van der Waals surface area contributed by atoms with Gasteiger partial charge in [0.2, 0.25) is 0 Å². The van der Waals surface area contributed by atoms with E-state index in [0.717, 1.165) is 0 Å². The zero-order valence-electron chi connectivity index (χ0n) is 11.7. The molecular formula is C13H19N3O3S. The third kappa shape index (κ3) is 2.92. The SMILES string of the molecule is CCN(C(=O)c1cc(N)cnc1C)C1CCS(=O)(=O)C1. The van der Waals surface area contributed by atoms with Crippen molar-refractivity contribution in [1.29, 1.82) is 0 Å².